The number of alkyl halides is 9. The van der Waals surface area contributed by atoms with Crippen LogP contribution < -0.4 is 0 Å². The van der Waals surface area contributed by atoms with E-state index in [-0.39, 0.29) is 0 Å². The third-order valence-electron chi connectivity index (χ3n) is 5.30. The molecule has 0 aliphatic carbocycles. The molecule has 0 fully saturated rings. The van der Waals surface area contributed by atoms with Crippen LogP contribution in [0.25, 0.3) is 0 Å². The van der Waals surface area contributed by atoms with Gasteiger partial charge in [-0.3, -0.25) is 9.88 Å². The first-order valence-corrected chi connectivity index (χ1v) is 12.7. The molecule has 0 amide bonds. The summed E-state index contributed by atoms with van der Waals surface area (Å²) in [6, 6.07) is 6.04. The zero-order valence-corrected chi connectivity index (χ0v) is 24.4. The van der Waals surface area contributed by atoms with E-state index in [0.29, 0.717) is 19.1 Å². The summed E-state index contributed by atoms with van der Waals surface area (Å²) in [6.07, 6.45) is -13.3. The minimum Gasteiger partial charge on any atom is -0.475 e. The fraction of sp³-hybridized carbons (Fsp3) is 0.560. The van der Waals surface area contributed by atoms with Gasteiger partial charge in [-0.2, -0.15) is 39.5 Å². The van der Waals surface area contributed by atoms with Crippen molar-refractivity contribution in [1.82, 2.24) is 19.4 Å². The Hall–Kier alpha value is -3.98. The van der Waals surface area contributed by atoms with Gasteiger partial charge in [-0.15, -0.1) is 0 Å². The molecule has 46 heavy (non-hydrogen) atoms. The second-order valence-electron chi connectivity index (χ2n) is 9.01. The predicted molar refractivity (Wildman–Crippen MR) is 137 cm³/mol. The van der Waals surface area contributed by atoms with Crippen LogP contribution in [0.2, 0.25) is 0 Å². The third-order valence-corrected chi connectivity index (χ3v) is 5.30. The molecule has 0 radical (unpaired) electrons. The number of halogens is 9. The maximum atomic E-state index is 10.6. The van der Waals surface area contributed by atoms with Gasteiger partial charge in [0, 0.05) is 50.6 Å². The lowest BCUT2D eigenvalue weighted by Crippen LogP contribution is -2.38. The molecule has 3 rings (SSSR count). The lowest BCUT2D eigenvalue weighted by Gasteiger charge is -2.32. The number of imidazole rings is 1. The van der Waals surface area contributed by atoms with Gasteiger partial charge in [0.2, 0.25) is 0 Å². The molecule has 2 aromatic heterocycles. The molecule has 1 aliphatic heterocycles. The quantitative estimate of drug-likeness (QED) is 0.270. The predicted octanol–water partition coefficient (Wildman–Crippen LogP) is 4.18. The fourth-order valence-electron chi connectivity index (χ4n) is 3.43. The summed E-state index contributed by atoms with van der Waals surface area (Å²) in [4.78, 5) is 38.2. The number of pyridine rings is 1. The van der Waals surface area contributed by atoms with E-state index in [1.165, 1.54) is 5.69 Å². The zero-order valence-electron chi connectivity index (χ0n) is 24.4. The van der Waals surface area contributed by atoms with E-state index in [2.05, 4.69) is 26.5 Å². The lowest BCUT2D eigenvalue weighted by molar-refractivity contribution is -0.193. The van der Waals surface area contributed by atoms with Gasteiger partial charge in [-0.1, -0.05) is 6.07 Å². The number of carbonyl (C=O) groups is 3. The molecule has 1 atom stereocenters. The van der Waals surface area contributed by atoms with Crippen molar-refractivity contribution in [3.05, 3.63) is 47.3 Å². The van der Waals surface area contributed by atoms with Crippen molar-refractivity contribution in [2.75, 3.05) is 32.9 Å². The summed E-state index contributed by atoms with van der Waals surface area (Å²) in [5.74, 6) is -7.95. The number of aromatic nitrogens is 3. The number of carboxylic acids is 3. The second-order valence-corrected chi connectivity index (χ2v) is 9.01. The van der Waals surface area contributed by atoms with E-state index in [1.54, 1.807) is 0 Å². The van der Waals surface area contributed by atoms with Crippen LogP contribution in [0, 0.1) is 6.92 Å². The monoisotopic (exact) mass is 686 g/mol. The lowest BCUT2D eigenvalue weighted by atomic mass is 9.99. The van der Waals surface area contributed by atoms with E-state index < -0.39 is 36.4 Å². The standard InChI is InChI=1S/C19H28N4O2.3C2HF3O2/c1-4-24-9-8-23-10-16(19-18(11-23)20-14-22(19)3)12-25-13-17-7-5-6-15(2)21-17;3*3-2(4,5)1(6)7/h5-7,14,16H,4,8-13H2,1-3H3;3*(H,6,7). The van der Waals surface area contributed by atoms with Gasteiger partial charge in [0.25, 0.3) is 0 Å². The average molecular weight is 687 g/mol. The minimum absolute atomic E-state index is 0.322. The summed E-state index contributed by atoms with van der Waals surface area (Å²) in [5, 5.41) is 21.4. The van der Waals surface area contributed by atoms with Crippen molar-refractivity contribution in [2.45, 2.75) is 51.4 Å². The van der Waals surface area contributed by atoms with Crippen LogP contribution in [0.15, 0.2) is 24.5 Å². The SMILES string of the molecule is CCOCCN1Cc2ncn(C)c2C(COCc2cccc(C)n2)C1.O=C(O)C(F)(F)F.O=C(O)C(F)(F)F.O=C(O)C(F)(F)F. The normalized spacial score (nSPS) is 14.7. The third kappa shape index (κ3) is 16.9. The molecule has 0 aromatic carbocycles. The van der Waals surface area contributed by atoms with Crippen molar-refractivity contribution in [2.24, 2.45) is 7.05 Å². The van der Waals surface area contributed by atoms with E-state index in [0.717, 1.165) is 49.9 Å². The largest absolute Gasteiger partial charge is 0.490 e. The fourth-order valence-corrected chi connectivity index (χ4v) is 3.43. The summed E-state index contributed by atoms with van der Waals surface area (Å²) in [5.41, 5.74) is 4.46. The van der Waals surface area contributed by atoms with E-state index in [4.69, 9.17) is 39.2 Å². The van der Waals surface area contributed by atoms with E-state index in [1.807, 2.05) is 38.4 Å². The molecule has 3 N–H and O–H groups in total. The number of carboxylic acid groups (broad SMARTS) is 3. The Balaban J connectivity index is 0.000000786. The Morgan fingerprint density at radius 3 is 1.85 bits per heavy atom. The Morgan fingerprint density at radius 1 is 0.913 bits per heavy atom. The van der Waals surface area contributed by atoms with Crippen LogP contribution >= 0.6 is 0 Å². The van der Waals surface area contributed by atoms with Crippen molar-refractivity contribution < 1.29 is 78.7 Å². The van der Waals surface area contributed by atoms with Gasteiger partial charge >= 0.3 is 36.4 Å². The highest BCUT2D eigenvalue weighted by atomic mass is 19.4. The Bertz CT molecular complexity index is 1190. The van der Waals surface area contributed by atoms with Crippen LogP contribution in [0.1, 0.15) is 35.6 Å². The molecule has 3 heterocycles. The summed E-state index contributed by atoms with van der Waals surface area (Å²) >= 11 is 0. The summed E-state index contributed by atoms with van der Waals surface area (Å²) < 4.78 is 109. The summed E-state index contributed by atoms with van der Waals surface area (Å²) in [7, 11) is 2.07. The van der Waals surface area contributed by atoms with Gasteiger partial charge in [0.15, 0.2) is 0 Å². The first-order chi connectivity index (χ1) is 21.0. The van der Waals surface area contributed by atoms with Gasteiger partial charge in [0.05, 0.1) is 37.5 Å². The van der Waals surface area contributed by atoms with Gasteiger partial charge < -0.3 is 29.4 Å². The number of ether oxygens (including phenoxy) is 2. The van der Waals surface area contributed by atoms with Crippen molar-refractivity contribution in [1.29, 1.82) is 0 Å². The molecule has 0 saturated carbocycles. The molecule has 12 nitrogen and oxygen atoms in total. The minimum atomic E-state index is -5.08. The number of aryl methyl sites for hydroxylation is 2. The molecule has 262 valence electrons. The smallest absolute Gasteiger partial charge is 0.475 e. The Labute approximate surface area is 255 Å². The highest BCUT2D eigenvalue weighted by Gasteiger charge is 2.39. The Kier molecular flexibility index (Phi) is 17.2. The molecule has 1 unspecified atom stereocenters. The van der Waals surface area contributed by atoms with Crippen molar-refractivity contribution in [3.63, 3.8) is 0 Å². The van der Waals surface area contributed by atoms with E-state index >= 15 is 0 Å². The molecular formula is C25H31F9N4O8. The molecule has 2 aromatic rings. The highest BCUT2D eigenvalue weighted by Crippen LogP contribution is 2.27. The maximum absolute atomic E-state index is 10.6. The molecular weight excluding hydrogens is 655 g/mol. The average Bonchev–Trinajstić information content (AvgIpc) is 3.29. The Morgan fingerprint density at radius 2 is 1.41 bits per heavy atom. The first kappa shape index (κ1) is 42.0. The van der Waals surface area contributed by atoms with E-state index in [9.17, 15) is 39.5 Å². The van der Waals surface area contributed by atoms with Gasteiger partial charge in [0.1, 0.15) is 0 Å². The maximum Gasteiger partial charge on any atom is 0.490 e. The second kappa shape index (κ2) is 18.9. The van der Waals surface area contributed by atoms with Crippen LogP contribution in [-0.2, 0) is 44.1 Å². The van der Waals surface area contributed by atoms with Gasteiger partial charge in [-0.05, 0) is 26.0 Å². The molecule has 0 saturated heterocycles. The number of hydrogen-bond donors (Lipinski definition) is 3. The molecule has 21 heteroatoms. The molecule has 1 aliphatic rings. The van der Waals surface area contributed by atoms with Crippen molar-refractivity contribution >= 4 is 17.9 Å². The number of aliphatic carboxylic acids is 3. The van der Waals surface area contributed by atoms with Gasteiger partial charge in [-0.25, -0.2) is 19.4 Å². The molecule has 0 spiro atoms. The van der Waals surface area contributed by atoms with Crippen LogP contribution in [-0.4, -0.2) is 104 Å². The molecule has 0 bridgehead atoms. The number of hydrogen-bond acceptors (Lipinski definition) is 8. The van der Waals surface area contributed by atoms with Crippen molar-refractivity contribution in [3.8, 4) is 0 Å². The van der Waals surface area contributed by atoms with Crippen LogP contribution in [0.5, 0.6) is 0 Å². The number of fused-ring (bicyclic) bond motifs is 1. The highest BCUT2D eigenvalue weighted by molar-refractivity contribution is 5.73. The van der Waals surface area contributed by atoms with Crippen LogP contribution in [0.3, 0.4) is 0 Å². The zero-order chi connectivity index (χ0) is 35.9. The number of nitrogens with zero attached hydrogens (tertiary/aromatic N) is 4. The summed E-state index contributed by atoms with van der Waals surface area (Å²) in [6.45, 7) is 9.57. The number of rotatable bonds is 8. The first-order valence-electron chi connectivity index (χ1n) is 12.7. The van der Waals surface area contributed by atoms with Crippen LogP contribution in [0.4, 0.5) is 39.5 Å². The topological polar surface area (TPSA) is 164 Å².